The third-order valence-electron chi connectivity index (χ3n) is 2.68. The molecular formula is C11H7BrF3N3O3. The lowest BCUT2D eigenvalue weighted by Gasteiger charge is -2.09. The molecule has 0 aliphatic heterocycles. The topological polar surface area (TPSA) is 81.2 Å². The van der Waals surface area contributed by atoms with Crippen molar-refractivity contribution in [3.63, 3.8) is 0 Å². The van der Waals surface area contributed by atoms with Gasteiger partial charge in [0.15, 0.2) is 0 Å². The average molecular weight is 366 g/mol. The highest BCUT2D eigenvalue weighted by Crippen LogP contribution is 2.35. The van der Waals surface area contributed by atoms with E-state index >= 15 is 0 Å². The molecule has 1 N–H and O–H groups in total. The summed E-state index contributed by atoms with van der Waals surface area (Å²) in [5.74, 6) is 0. The summed E-state index contributed by atoms with van der Waals surface area (Å²) in [4.78, 5) is 10.1. The predicted octanol–water partition coefficient (Wildman–Crippen LogP) is 3.05. The van der Waals surface area contributed by atoms with Gasteiger partial charge in [-0.2, -0.15) is 18.3 Å². The zero-order valence-electron chi connectivity index (χ0n) is 10.1. The number of aliphatic hydroxyl groups is 1. The van der Waals surface area contributed by atoms with Gasteiger partial charge in [0.05, 0.1) is 23.3 Å². The van der Waals surface area contributed by atoms with E-state index in [0.29, 0.717) is 11.6 Å². The smallest absolute Gasteiger partial charge is 0.392 e. The van der Waals surface area contributed by atoms with Gasteiger partial charge in [-0.15, -0.1) is 0 Å². The van der Waals surface area contributed by atoms with Gasteiger partial charge in [-0.1, -0.05) is 0 Å². The van der Waals surface area contributed by atoms with Crippen LogP contribution < -0.4 is 0 Å². The van der Waals surface area contributed by atoms with Gasteiger partial charge in [-0.05, 0) is 28.1 Å². The van der Waals surface area contributed by atoms with Gasteiger partial charge in [0.1, 0.15) is 10.3 Å². The van der Waals surface area contributed by atoms with Crippen LogP contribution in [0, 0.1) is 10.1 Å². The maximum atomic E-state index is 12.6. The van der Waals surface area contributed by atoms with Crippen LogP contribution in [-0.4, -0.2) is 19.8 Å². The van der Waals surface area contributed by atoms with Crippen LogP contribution in [0.4, 0.5) is 18.9 Å². The summed E-state index contributed by atoms with van der Waals surface area (Å²) < 4.78 is 39.1. The number of hydrogen-bond acceptors (Lipinski definition) is 4. The minimum atomic E-state index is -4.68. The maximum Gasteiger partial charge on any atom is 0.416 e. The quantitative estimate of drug-likeness (QED) is 0.669. The molecule has 0 radical (unpaired) electrons. The number of halogens is 4. The molecule has 0 spiro atoms. The molecule has 1 aromatic heterocycles. The number of alkyl halides is 3. The Morgan fingerprint density at radius 2 is 2.10 bits per heavy atom. The van der Waals surface area contributed by atoms with Gasteiger partial charge in [0.2, 0.25) is 0 Å². The fourth-order valence-corrected chi connectivity index (χ4v) is 2.18. The third kappa shape index (κ3) is 2.90. The van der Waals surface area contributed by atoms with Crippen LogP contribution in [0.1, 0.15) is 11.1 Å². The van der Waals surface area contributed by atoms with Crippen LogP contribution in [0.25, 0.3) is 5.69 Å². The number of nitrogens with zero attached hydrogens (tertiary/aromatic N) is 3. The Morgan fingerprint density at radius 1 is 1.43 bits per heavy atom. The Morgan fingerprint density at radius 3 is 2.57 bits per heavy atom. The maximum absolute atomic E-state index is 12.6. The first-order valence-electron chi connectivity index (χ1n) is 5.45. The summed E-state index contributed by atoms with van der Waals surface area (Å²) in [5, 5.41) is 23.9. The van der Waals surface area contributed by atoms with E-state index < -0.39 is 22.4 Å². The Hall–Kier alpha value is -1.94. The number of hydrogen-bond donors (Lipinski definition) is 1. The average Bonchev–Trinajstić information content (AvgIpc) is 2.77. The van der Waals surface area contributed by atoms with Gasteiger partial charge in [-0.3, -0.25) is 10.1 Å². The molecule has 0 aliphatic rings. The predicted molar refractivity (Wildman–Crippen MR) is 68.8 cm³/mol. The molecule has 0 atom stereocenters. The summed E-state index contributed by atoms with van der Waals surface area (Å²) in [5.41, 5.74) is -1.65. The summed E-state index contributed by atoms with van der Waals surface area (Å²) in [7, 11) is 0. The fraction of sp³-hybridized carbons (Fsp3) is 0.182. The van der Waals surface area contributed by atoms with Gasteiger partial charge >= 0.3 is 6.18 Å². The molecule has 1 heterocycles. The Bertz CT molecular complexity index is 700. The summed E-state index contributed by atoms with van der Waals surface area (Å²) in [6, 6.07) is 2.14. The summed E-state index contributed by atoms with van der Waals surface area (Å²) in [6.07, 6.45) is -3.42. The summed E-state index contributed by atoms with van der Waals surface area (Å²) >= 11 is 3.09. The van der Waals surface area contributed by atoms with E-state index in [-0.39, 0.29) is 16.9 Å². The van der Waals surface area contributed by atoms with Crippen molar-refractivity contribution in [1.29, 1.82) is 0 Å². The second kappa shape index (κ2) is 5.45. The Kier molecular flexibility index (Phi) is 4.01. The molecule has 10 heteroatoms. The molecule has 2 aromatic rings. The lowest BCUT2D eigenvalue weighted by Crippen LogP contribution is -2.08. The number of nitro groups is 1. The highest BCUT2D eigenvalue weighted by atomic mass is 79.9. The highest BCUT2D eigenvalue weighted by Gasteiger charge is 2.33. The number of rotatable bonds is 3. The second-order valence-corrected chi connectivity index (χ2v) is 4.74. The van der Waals surface area contributed by atoms with Crippen molar-refractivity contribution in [1.82, 2.24) is 9.78 Å². The van der Waals surface area contributed by atoms with Gasteiger partial charge in [0.25, 0.3) is 5.69 Å². The first-order valence-corrected chi connectivity index (χ1v) is 6.24. The number of nitro benzene ring substituents is 1. The lowest BCUT2D eigenvalue weighted by atomic mass is 10.1. The van der Waals surface area contributed by atoms with Crippen molar-refractivity contribution in [2.45, 2.75) is 12.8 Å². The van der Waals surface area contributed by atoms with Crippen molar-refractivity contribution < 1.29 is 23.2 Å². The van der Waals surface area contributed by atoms with Crippen molar-refractivity contribution in [3.05, 3.63) is 50.2 Å². The van der Waals surface area contributed by atoms with Crippen molar-refractivity contribution >= 4 is 21.6 Å². The monoisotopic (exact) mass is 365 g/mol. The van der Waals surface area contributed by atoms with Gasteiger partial charge in [0, 0.05) is 11.6 Å². The van der Waals surface area contributed by atoms with E-state index in [1.54, 1.807) is 0 Å². The number of benzene rings is 1. The molecule has 0 bridgehead atoms. The van der Waals surface area contributed by atoms with Gasteiger partial charge < -0.3 is 5.11 Å². The summed E-state index contributed by atoms with van der Waals surface area (Å²) in [6.45, 7) is -0.366. The Labute approximate surface area is 124 Å². The molecule has 0 saturated heterocycles. The first kappa shape index (κ1) is 15.4. The standard InChI is InChI=1S/C11H7BrF3N3O3/c12-10-6(5-19)4-16-17(10)8-2-1-7(11(13,14)15)3-9(8)18(20)21/h1-4,19H,5H2. The fourth-order valence-electron chi connectivity index (χ4n) is 1.67. The zero-order valence-corrected chi connectivity index (χ0v) is 11.7. The third-order valence-corrected chi connectivity index (χ3v) is 3.52. The molecule has 6 nitrogen and oxygen atoms in total. The van der Waals surface area contributed by atoms with Gasteiger partial charge in [-0.25, -0.2) is 4.68 Å². The van der Waals surface area contributed by atoms with E-state index in [0.717, 1.165) is 16.8 Å². The van der Waals surface area contributed by atoms with Crippen LogP contribution in [0.3, 0.4) is 0 Å². The largest absolute Gasteiger partial charge is 0.416 e. The van der Waals surface area contributed by atoms with E-state index in [9.17, 15) is 23.3 Å². The van der Waals surface area contributed by atoms with E-state index in [4.69, 9.17) is 5.11 Å². The normalized spacial score (nSPS) is 11.7. The zero-order chi connectivity index (χ0) is 15.8. The lowest BCUT2D eigenvalue weighted by molar-refractivity contribution is -0.384. The molecule has 21 heavy (non-hydrogen) atoms. The molecule has 0 unspecified atom stereocenters. The molecule has 1 aromatic carbocycles. The molecule has 2 rings (SSSR count). The molecule has 0 aliphatic carbocycles. The minimum absolute atomic E-state index is 0.139. The Balaban J connectivity index is 2.63. The number of aliphatic hydroxyl groups excluding tert-OH is 1. The number of aromatic nitrogens is 2. The molecule has 0 amide bonds. The van der Waals surface area contributed by atoms with E-state index in [1.165, 1.54) is 6.20 Å². The first-order chi connectivity index (χ1) is 9.75. The van der Waals surface area contributed by atoms with Crippen LogP contribution >= 0.6 is 15.9 Å². The molecular weight excluding hydrogens is 359 g/mol. The van der Waals surface area contributed by atoms with E-state index in [2.05, 4.69) is 21.0 Å². The van der Waals surface area contributed by atoms with Crippen LogP contribution in [0.15, 0.2) is 29.0 Å². The molecule has 0 fully saturated rings. The van der Waals surface area contributed by atoms with Crippen molar-refractivity contribution in [2.24, 2.45) is 0 Å². The van der Waals surface area contributed by atoms with Crippen LogP contribution in [0.2, 0.25) is 0 Å². The second-order valence-electron chi connectivity index (χ2n) is 3.99. The molecule has 112 valence electrons. The molecule has 0 saturated carbocycles. The van der Waals surface area contributed by atoms with Crippen molar-refractivity contribution in [3.8, 4) is 5.69 Å². The van der Waals surface area contributed by atoms with Crippen molar-refractivity contribution in [2.75, 3.05) is 0 Å². The van der Waals surface area contributed by atoms with Crippen LogP contribution in [-0.2, 0) is 12.8 Å². The minimum Gasteiger partial charge on any atom is -0.392 e. The highest BCUT2D eigenvalue weighted by molar-refractivity contribution is 9.10. The van der Waals surface area contributed by atoms with Crippen LogP contribution in [0.5, 0.6) is 0 Å². The SMILES string of the molecule is O=[N+]([O-])c1cc(C(F)(F)F)ccc1-n1ncc(CO)c1Br. The van der Waals surface area contributed by atoms with E-state index in [1.807, 2.05) is 0 Å².